The highest BCUT2D eigenvalue weighted by Crippen LogP contribution is 2.38. The Kier molecular flexibility index (Phi) is 4.96. The van der Waals surface area contributed by atoms with Crippen molar-refractivity contribution in [1.29, 1.82) is 0 Å². The Morgan fingerprint density at radius 1 is 0.964 bits per heavy atom. The van der Waals surface area contributed by atoms with Crippen LogP contribution in [0.2, 0.25) is 0 Å². The van der Waals surface area contributed by atoms with Gasteiger partial charge in [0.05, 0.1) is 6.26 Å². The molecule has 0 bridgehead atoms. The zero-order valence-corrected chi connectivity index (χ0v) is 16.3. The van der Waals surface area contributed by atoms with Crippen LogP contribution >= 0.6 is 0 Å². The molecule has 1 aliphatic carbocycles. The van der Waals surface area contributed by atoms with E-state index in [0.717, 1.165) is 43.6 Å². The van der Waals surface area contributed by atoms with Crippen molar-refractivity contribution in [2.75, 3.05) is 44.2 Å². The summed E-state index contributed by atoms with van der Waals surface area (Å²) in [4.78, 5) is 5.08. The van der Waals surface area contributed by atoms with E-state index in [2.05, 4.69) is 46.2 Å². The lowest BCUT2D eigenvalue weighted by molar-refractivity contribution is 0.249. The third kappa shape index (κ3) is 3.61. The molecule has 0 radical (unpaired) electrons. The summed E-state index contributed by atoms with van der Waals surface area (Å²) >= 11 is 0. The molecule has 4 heteroatoms. The third-order valence-electron chi connectivity index (χ3n) is 6.28. The molecule has 1 fully saturated rings. The molecule has 2 aromatic rings. The molecule has 2 heterocycles. The fourth-order valence-corrected chi connectivity index (χ4v) is 4.61. The van der Waals surface area contributed by atoms with Crippen molar-refractivity contribution in [2.45, 2.75) is 25.2 Å². The zero-order chi connectivity index (χ0) is 18.8. The minimum Gasteiger partial charge on any atom is -0.485 e. The largest absolute Gasteiger partial charge is 0.485 e. The number of ether oxygens (including phenoxy) is 2. The van der Waals surface area contributed by atoms with Crippen LogP contribution in [-0.4, -0.2) is 44.2 Å². The number of benzene rings is 2. The number of nitrogens with zero attached hydrogens (tertiary/aromatic N) is 2. The molecular formula is C24H28N2O2. The molecule has 0 amide bonds. The smallest absolute Gasteiger partial charge is 0.168 e. The topological polar surface area (TPSA) is 24.9 Å². The van der Waals surface area contributed by atoms with Gasteiger partial charge >= 0.3 is 0 Å². The van der Waals surface area contributed by atoms with Gasteiger partial charge in [-0.05, 0) is 61.1 Å². The maximum Gasteiger partial charge on any atom is 0.168 e. The van der Waals surface area contributed by atoms with Gasteiger partial charge in [0.2, 0.25) is 0 Å². The van der Waals surface area contributed by atoms with Crippen LogP contribution in [0.25, 0.3) is 0 Å². The van der Waals surface area contributed by atoms with E-state index in [9.17, 15) is 0 Å². The number of hydrogen-bond donors (Lipinski definition) is 0. The standard InChI is InChI=1S/C24H28N2O2/c1-2-7-22-19(5-1)17-20(22)6-3-10-25-11-13-26(14-12-25)21-8-9-23-24(18-21)28-16-4-15-27-23/h1-2,4-5,7-9,15,18,20H,3,6,10-14,16-17H2. The molecule has 1 atom stereocenters. The first kappa shape index (κ1) is 17.6. The molecule has 1 saturated heterocycles. The molecule has 28 heavy (non-hydrogen) atoms. The third-order valence-corrected chi connectivity index (χ3v) is 6.28. The highest BCUT2D eigenvalue weighted by Gasteiger charge is 2.25. The molecule has 3 aliphatic rings. The van der Waals surface area contributed by atoms with Crippen LogP contribution in [0, 0.1) is 0 Å². The predicted molar refractivity (Wildman–Crippen MR) is 112 cm³/mol. The molecule has 2 aliphatic heterocycles. The molecule has 1 unspecified atom stereocenters. The monoisotopic (exact) mass is 376 g/mol. The highest BCUT2D eigenvalue weighted by molar-refractivity contribution is 5.57. The Labute approximate surface area is 167 Å². The molecule has 146 valence electrons. The van der Waals surface area contributed by atoms with Crippen molar-refractivity contribution in [2.24, 2.45) is 0 Å². The highest BCUT2D eigenvalue weighted by atomic mass is 16.5. The lowest BCUT2D eigenvalue weighted by Crippen LogP contribution is -2.46. The van der Waals surface area contributed by atoms with E-state index >= 15 is 0 Å². The Bertz CT molecular complexity index is 855. The number of piperazine rings is 1. The van der Waals surface area contributed by atoms with Crippen LogP contribution in [0.15, 0.2) is 54.8 Å². The second kappa shape index (κ2) is 7.88. The van der Waals surface area contributed by atoms with Gasteiger partial charge in [0.25, 0.3) is 0 Å². The molecule has 0 aromatic heterocycles. The van der Waals surface area contributed by atoms with E-state index in [-0.39, 0.29) is 0 Å². The first-order valence-corrected chi connectivity index (χ1v) is 10.5. The Balaban J connectivity index is 1.09. The van der Waals surface area contributed by atoms with Crippen LogP contribution in [0.1, 0.15) is 29.9 Å². The summed E-state index contributed by atoms with van der Waals surface area (Å²) < 4.78 is 11.3. The fourth-order valence-electron chi connectivity index (χ4n) is 4.61. The van der Waals surface area contributed by atoms with Crippen LogP contribution < -0.4 is 14.4 Å². The normalized spacial score (nSPS) is 21.0. The van der Waals surface area contributed by atoms with Gasteiger partial charge < -0.3 is 14.4 Å². The zero-order valence-electron chi connectivity index (χ0n) is 16.3. The van der Waals surface area contributed by atoms with Crippen LogP contribution in [-0.2, 0) is 6.42 Å². The molecule has 4 nitrogen and oxygen atoms in total. The Morgan fingerprint density at radius 2 is 1.86 bits per heavy atom. The molecule has 0 saturated carbocycles. The van der Waals surface area contributed by atoms with Crippen molar-refractivity contribution >= 4 is 5.69 Å². The predicted octanol–water partition coefficient (Wildman–Crippen LogP) is 4.21. The molecule has 5 rings (SSSR count). The summed E-state index contributed by atoms with van der Waals surface area (Å²) in [5.74, 6) is 2.44. The first-order valence-electron chi connectivity index (χ1n) is 10.5. The van der Waals surface area contributed by atoms with E-state index in [1.165, 1.54) is 31.5 Å². The number of hydrogen-bond acceptors (Lipinski definition) is 4. The maximum atomic E-state index is 5.77. The van der Waals surface area contributed by atoms with Gasteiger partial charge in [-0.1, -0.05) is 24.3 Å². The van der Waals surface area contributed by atoms with Crippen LogP contribution in [0.5, 0.6) is 11.5 Å². The summed E-state index contributed by atoms with van der Waals surface area (Å²) in [5.41, 5.74) is 4.39. The average molecular weight is 377 g/mol. The van der Waals surface area contributed by atoms with E-state index in [0.29, 0.717) is 6.61 Å². The van der Waals surface area contributed by atoms with Gasteiger partial charge in [-0.15, -0.1) is 0 Å². The summed E-state index contributed by atoms with van der Waals surface area (Å²) in [5, 5.41) is 0. The molecule has 0 spiro atoms. The van der Waals surface area contributed by atoms with Gasteiger partial charge in [-0.3, -0.25) is 4.90 Å². The van der Waals surface area contributed by atoms with Gasteiger partial charge in [-0.25, -0.2) is 0 Å². The van der Waals surface area contributed by atoms with Crippen LogP contribution in [0.3, 0.4) is 0 Å². The van der Waals surface area contributed by atoms with Gasteiger partial charge in [-0.2, -0.15) is 0 Å². The average Bonchev–Trinajstić information content (AvgIpc) is 2.97. The Hall–Kier alpha value is -2.46. The first-order chi connectivity index (χ1) is 13.9. The van der Waals surface area contributed by atoms with Crippen molar-refractivity contribution < 1.29 is 9.47 Å². The summed E-state index contributed by atoms with van der Waals surface area (Å²) in [6.07, 6.45) is 7.50. The second-order valence-corrected chi connectivity index (χ2v) is 8.00. The lowest BCUT2D eigenvalue weighted by atomic mass is 9.75. The van der Waals surface area contributed by atoms with E-state index in [4.69, 9.17) is 9.47 Å². The van der Waals surface area contributed by atoms with Crippen molar-refractivity contribution in [3.05, 3.63) is 65.9 Å². The number of anilines is 1. The minimum atomic E-state index is 0.565. The summed E-state index contributed by atoms with van der Waals surface area (Å²) in [6.45, 7) is 6.21. The molecule has 0 N–H and O–H groups in total. The van der Waals surface area contributed by atoms with Crippen LogP contribution in [0.4, 0.5) is 5.69 Å². The fraction of sp³-hybridized carbons (Fsp3) is 0.417. The van der Waals surface area contributed by atoms with Crippen molar-refractivity contribution in [1.82, 2.24) is 4.90 Å². The van der Waals surface area contributed by atoms with Crippen molar-refractivity contribution in [3.63, 3.8) is 0 Å². The summed E-state index contributed by atoms with van der Waals surface area (Å²) in [7, 11) is 0. The van der Waals surface area contributed by atoms with Crippen molar-refractivity contribution in [3.8, 4) is 11.5 Å². The SMILES string of the molecule is C1=COc2ccc(N3CCN(CCCC4Cc5ccccc54)CC3)cc2OC1. The number of rotatable bonds is 5. The maximum absolute atomic E-state index is 5.77. The molecular weight excluding hydrogens is 348 g/mol. The van der Waals surface area contributed by atoms with E-state index < -0.39 is 0 Å². The summed E-state index contributed by atoms with van der Waals surface area (Å²) in [6, 6.07) is 15.2. The van der Waals surface area contributed by atoms with Gasteiger partial charge in [0, 0.05) is 37.9 Å². The Morgan fingerprint density at radius 3 is 2.75 bits per heavy atom. The van der Waals surface area contributed by atoms with Gasteiger partial charge in [0.15, 0.2) is 11.5 Å². The van der Waals surface area contributed by atoms with E-state index in [1.54, 1.807) is 17.4 Å². The minimum absolute atomic E-state index is 0.565. The number of fused-ring (bicyclic) bond motifs is 2. The second-order valence-electron chi connectivity index (χ2n) is 8.00. The lowest BCUT2D eigenvalue weighted by Gasteiger charge is -2.37. The van der Waals surface area contributed by atoms with E-state index in [1.807, 2.05) is 12.1 Å². The quantitative estimate of drug-likeness (QED) is 0.780. The molecule has 2 aromatic carbocycles. The van der Waals surface area contributed by atoms with Gasteiger partial charge in [0.1, 0.15) is 6.61 Å².